The first-order valence-corrected chi connectivity index (χ1v) is 9.74. The van der Waals surface area contributed by atoms with Crippen molar-refractivity contribution in [1.82, 2.24) is 4.57 Å². The molecule has 3 rings (SSSR count). The molecule has 5 nitrogen and oxygen atoms in total. The van der Waals surface area contributed by atoms with Gasteiger partial charge in [0.15, 0.2) is 0 Å². The maximum atomic E-state index is 12.6. The van der Waals surface area contributed by atoms with Crippen LogP contribution in [0.25, 0.3) is 6.08 Å². The third kappa shape index (κ3) is 4.46. The minimum Gasteiger partial charge on any atom is -0.376 e. The Labute approximate surface area is 170 Å². The zero-order valence-electron chi connectivity index (χ0n) is 16.4. The minimum atomic E-state index is -0.452. The summed E-state index contributed by atoms with van der Waals surface area (Å²) in [7, 11) is 0. The molecular weight excluding hydrogens is 374 g/mol. The van der Waals surface area contributed by atoms with Gasteiger partial charge in [-0.15, -0.1) is 0 Å². The molecule has 1 fully saturated rings. The van der Waals surface area contributed by atoms with Gasteiger partial charge in [-0.1, -0.05) is 17.7 Å². The lowest BCUT2D eigenvalue weighted by Gasteiger charge is -2.14. The Balaban J connectivity index is 1.80. The quantitative estimate of drug-likeness (QED) is 0.582. The molecule has 0 bridgehead atoms. The number of anilines is 1. The van der Waals surface area contributed by atoms with Crippen molar-refractivity contribution in [3.8, 4) is 6.07 Å². The number of nitrogens with zero attached hydrogens (tertiary/aromatic N) is 2. The highest BCUT2D eigenvalue weighted by Crippen LogP contribution is 2.23. The molecular formula is C22H24ClN3O2. The van der Waals surface area contributed by atoms with Crippen LogP contribution in [0.1, 0.15) is 35.4 Å². The number of halogens is 1. The van der Waals surface area contributed by atoms with E-state index in [-0.39, 0.29) is 11.7 Å². The van der Waals surface area contributed by atoms with Crippen molar-refractivity contribution >= 4 is 29.3 Å². The van der Waals surface area contributed by atoms with Gasteiger partial charge >= 0.3 is 0 Å². The van der Waals surface area contributed by atoms with E-state index in [1.165, 1.54) is 0 Å². The number of nitriles is 1. The summed E-state index contributed by atoms with van der Waals surface area (Å²) >= 11 is 6.11. The second-order valence-corrected chi connectivity index (χ2v) is 7.57. The van der Waals surface area contributed by atoms with E-state index in [0.29, 0.717) is 10.7 Å². The van der Waals surface area contributed by atoms with Crippen LogP contribution >= 0.6 is 11.6 Å². The number of ether oxygens (including phenoxy) is 1. The predicted octanol–water partition coefficient (Wildman–Crippen LogP) is 4.79. The van der Waals surface area contributed by atoms with Crippen LogP contribution in [-0.4, -0.2) is 23.2 Å². The number of benzene rings is 1. The highest BCUT2D eigenvalue weighted by atomic mass is 35.5. The van der Waals surface area contributed by atoms with Gasteiger partial charge in [-0.2, -0.15) is 5.26 Å². The molecule has 2 aromatic rings. The highest BCUT2D eigenvalue weighted by Gasteiger charge is 2.19. The number of hydrogen-bond donors (Lipinski definition) is 1. The van der Waals surface area contributed by atoms with Gasteiger partial charge in [-0.25, -0.2) is 0 Å². The number of amides is 1. The van der Waals surface area contributed by atoms with Crippen molar-refractivity contribution in [3.05, 3.63) is 57.4 Å². The summed E-state index contributed by atoms with van der Waals surface area (Å²) < 4.78 is 7.93. The maximum Gasteiger partial charge on any atom is 0.266 e. The Kier molecular flexibility index (Phi) is 6.23. The average molecular weight is 398 g/mol. The van der Waals surface area contributed by atoms with Gasteiger partial charge in [-0.3, -0.25) is 4.79 Å². The van der Waals surface area contributed by atoms with E-state index >= 15 is 0 Å². The fourth-order valence-corrected chi connectivity index (χ4v) is 3.60. The van der Waals surface area contributed by atoms with Gasteiger partial charge < -0.3 is 14.6 Å². The number of nitrogens with one attached hydrogen (secondary N) is 1. The molecule has 0 radical (unpaired) electrons. The standard InChI is InChI=1S/C22H24ClN3O2/c1-14-6-7-19(11-21(14)23)25-22(27)18(12-24)10-17-9-15(2)26(16(17)3)13-20-5-4-8-28-20/h6-7,9-11,20H,4-5,8,13H2,1-3H3,(H,25,27)/b18-10+/t20-/m0/s1. The van der Waals surface area contributed by atoms with Crippen LogP contribution in [0.5, 0.6) is 0 Å². The van der Waals surface area contributed by atoms with Crippen molar-refractivity contribution in [1.29, 1.82) is 5.26 Å². The summed E-state index contributed by atoms with van der Waals surface area (Å²) in [4.78, 5) is 12.6. The first-order valence-electron chi connectivity index (χ1n) is 9.36. The lowest BCUT2D eigenvalue weighted by atomic mass is 10.1. The Morgan fingerprint density at radius 2 is 2.18 bits per heavy atom. The van der Waals surface area contributed by atoms with Crippen molar-refractivity contribution in [2.24, 2.45) is 0 Å². The van der Waals surface area contributed by atoms with Gasteiger partial charge in [-0.05, 0) is 69.0 Å². The van der Waals surface area contributed by atoms with E-state index in [4.69, 9.17) is 16.3 Å². The summed E-state index contributed by atoms with van der Waals surface area (Å²) in [5.41, 5.74) is 4.51. The summed E-state index contributed by atoms with van der Waals surface area (Å²) in [6.45, 7) is 7.53. The average Bonchev–Trinajstić information content (AvgIpc) is 3.26. The van der Waals surface area contributed by atoms with E-state index < -0.39 is 5.91 Å². The molecule has 0 saturated carbocycles. The number of rotatable bonds is 5. The monoisotopic (exact) mass is 397 g/mol. The smallest absolute Gasteiger partial charge is 0.266 e. The van der Waals surface area contributed by atoms with Crippen LogP contribution in [0, 0.1) is 32.1 Å². The molecule has 1 aliphatic heterocycles. The second-order valence-electron chi connectivity index (χ2n) is 7.16. The molecule has 1 saturated heterocycles. The highest BCUT2D eigenvalue weighted by molar-refractivity contribution is 6.31. The largest absolute Gasteiger partial charge is 0.376 e. The third-order valence-electron chi connectivity index (χ3n) is 5.12. The zero-order valence-corrected chi connectivity index (χ0v) is 17.1. The van der Waals surface area contributed by atoms with Crippen molar-refractivity contribution in [3.63, 3.8) is 0 Å². The van der Waals surface area contributed by atoms with Gasteiger partial charge in [0.25, 0.3) is 5.91 Å². The summed E-state index contributed by atoms with van der Waals surface area (Å²) in [5, 5.41) is 12.8. The topological polar surface area (TPSA) is 67.0 Å². The maximum absolute atomic E-state index is 12.6. The molecule has 1 aliphatic rings. The number of hydrogen-bond acceptors (Lipinski definition) is 3. The van der Waals surface area contributed by atoms with E-state index in [1.54, 1.807) is 18.2 Å². The minimum absolute atomic E-state index is 0.0501. The molecule has 1 aromatic heterocycles. The molecule has 1 N–H and O–H groups in total. The zero-order chi connectivity index (χ0) is 20.3. The molecule has 1 amide bonds. The van der Waals surface area contributed by atoms with E-state index in [2.05, 4.69) is 9.88 Å². The lowest BCUT2D eigenvalue weighted by Crippen LogP contribution is -2.17. The second kappa shape index (κ2) is 8.64. The van der Waals surface area contributed by atoms with E-state index in [0.717, 1.165) is 48.5 Å². The summed E-state index contributed by atoms with van der Waals surface area (Å²) in [6, 6.07) is 9.27. The molecule has 1 aromatic carbocycles. The van der Waals surface area contributed by atoms with Crippen LogP contribution in [0.4, 0.5) is 5.69 Å². The SMILES string of the molecule is Cc1ccc(NC(=O)/C(C#N)=C/c2cc(C)n(C[C@@H]3CCCO3)c2C)cc1Cl. The van der Waals surface area contributed by atoms with Gasteiger partial charge in [0.2, 0.25) is 0 Å². The lowest BCUT2D eigenvalue weighted by molar-refractivity contribution is -0.112. The summed E-state index contributed by atoms with van der Waals surface area (Å²) in [6.07, 6.45) is 4.03. The van der Waals surface area contributed by atoms with Crippen LogP contribution < -0.4 is 5.32 Å². The van der Waals surface area contributed by atoms with E-state index in [1.807, 2.05) is 39.0 Å². The molecule has 146 valence electrons. The Morgan fingerprint density at radius 3 is 2.82 bits per heavy atom. The number of carbonyl (C=O) groups is 1. The number of carbonyl (C=O) groups excluding carboxylic acids is 1. The van der Waals surface area contributed by atoms with Crippen LogP contribution in [0.2, 0.25) is 5.02 Å². The van der Waals surface area contributed by atoms with Gasteiger partial charge in [0.05, 0.1) is 6.10 Å². The van der Waals surface area contributed by atoms with Gasteiger partial charge in [0.1, 0.15) is 11.6 Å². The fourth-order valence-electron chi connectivity index (χ4n) is 3.42. The Hall–Kier alpha value is -2.55. The van der Waals surface area contributed by atoms with E-state index in [9.17, 15) is 10.1 Å². The molecule has 28 heavy (non-hydrogen) atoms. The molecule has 0 aliphatic carbocycles. The fraction of sp³-hybridized carbons (Fsp3) is 0.364. The third-order valence-corrected chi connectivity index (χ3v) is 5.52. The molecule has 0 unspecified atom stereocenters. The first kappa shape index (κ1) is 20.2. The number of aromatic nitrogens is 1. The van der Waals surface area contributed by atoms with Crippen molar-refractivity contribution < 1.29 is 9.53 Å². The van der Waals surface area contributed by atoms with Gasteiger partial charge in [0, 0.05) is 35.2 Å². The molecule has 6 heteroatoms. The van der Waals surface area contributed by atoms with Crippen LogP contribution in [-0.2, 0) is 16.1 Å². The van der Waals surface area contributed by atoms with Crippen molar-refractivity contribution in [2.45, 2.75) is 46.3 Å². The normalized spacial score (nSPS) is 16.8. The molecule has 0 spiro atoms. The molecule has 2 heterocycles. The molecule has 1 atom stereocenters. The predicted molar refractivity (Wildman–Crippen MR) is 111 cm³/mol. The van der Waals surface area contributed by atoms with Crippen molar-refractivity contribution in [2.75, 3.05) is 11.9 Å². The number of aryl methyl sites for hydroxylation is 2. The van der Waals surface area contributed by atoms with Crippen LogP contribution in [0.15, 0.2) is 29.8 Å². The summed E-state index contributed by atoms with van der Waals surface area (Å²) in [5.74, 6) is -0.452. The first-order chi connectivity index (χ1) is 13.4. The Morgan fingerprint density at radius 1 is 1.39 bits per heavy atom. The van der Waals surface area contributed by atoms with Crippen LogP contribution in [0.3, 0.4) is 0 Å². The Bertz CT molecular complexity index is 963.